The Balaban J connectivity index is 2.99. The van der Waals surface area contributed by atoms with Crippen molar-refractivity contribution in [3.8, 4) is 0 Å². The molecule has 0 fully saturated rings. The van der Waals surface area contributed by atoms with Crippen LogP contribution in [-0.4, -0.2) is 49.2 Å². The van der Waals surface area contributed by atoms with Crippen molar-refractivity contribution in [2.24, 2.45) is 0 Å². The van der Waals surface area contributed by atoms with Gasteiger partial charge in [-0.1, -0.05) is 6.08 Å². The second kappa shape index (κ2) is 6.40. The van der Waals surface area contributed by atoms with Gasteiger partial charge >= 0.3 is 6.18 Å². The molecule has 110 valence electrons. The third-order valence-corrected chi connectivity index (χ3v) is 2.46. The van der Waals surface area contributed by atoms with Gasteiger partial charge in [-0.25, -0.2) is 4.98 Å². The number of anilines is 1. The Morgan fingerprint density at radius 3 is 2.60 bits per heavy atom. The molecular weight excluding hydrogens is 271 g/mol. The summed E-state index contributed by atoms with van der Waals surface area (Å²) in [6, 6.07) is 2.84. The largest absolute Gasteiger partial charge is 0.406 e. The molecular formula is C13H16F3N3O. The number of alkyl halides is 3. The average Bonchev–Trinajstić information content (AvgIpc) is 2.36. The molecule has 1 rings (SSSR count). The number of nitrogens with zero attached hydrogens (tertiary/aromatic N) is 3. The molecule has 1 heterocycles. The van der Waals surface area contributed by atoms with E-state index in [0.29, 0.717) is 10.7 Å². The number of hydrogen-bond acceptors (Lipinski definition) is 3. The van der Waals surface area contributed by atoms with Crippen LogP contribution in [0, 0.1) is 0 Å². The van der Waals surface area contributed by atoms with E-state index < -0.39 is 18.6 Å². The van der Waals surface area contributed by atoms with E-state index in [2.05, 4.69) is 11.6 Å². The lowest BCUT2D eigenvalue weighted by molar-refractivity contribution is -0.139. The highest BCUT2D eigenvalue weighted by molar-refractivity contribution is 5.95. The molecule has 20 heavy (non-hydrogen) atoms. The molecule has 0 bridgehead atoms. The Kier molecular flexibility index (Phi) is 5.12. The summed E-state index contributed by atoms with van der Waals surface area (Å²) in [5.41, 5.74) is 0.162. The van der Waals surface area contributed by atoms with Crippen LogP contribution < -0.4 is 4.90 Å². The van der Waals surface area contributed by atoms with Crippen molar-refractivity contribution in [1.29, 1.82) is 0 Å². The zero-order chi connectivity index (χ0) is 15.3. The van der Waals surface area contributed by atoms with Gasteiger partial charge in [-0.3, -0.25) is 4.79 Å². The first kappa shape index (κ1) is 16.0. The van der Waals surface area contributed by atoms with E-state index in [4.69, 9.17) is 0 Å². The van der Waals surface area contributed by atoms with E-state index in [-0.39, 0.29) is 12.1 Å². The van der Waals surface area contributed by atoms with Crippen molar-refractivity contribution in [3.05, 3.63) is 36.5 Å². The normalized spacial score (nSPS) is 11.1. The lowest BCUT2D eigenvalue weighted by atomic mass is 10.2. The highest BCUT2D eigenvalue weighted by Gasteiger charge is 2.32. The quantitative estimate of drug-likeness (QED) is 0.780. The first-order valence-corrected chi connectivity index (χ1v) is 5.85. The van der Waals surface area contributed by atoms with E-state index in [0.717, 1.165) is 0 Å². The van der Waals surface area contributed by atoms with Crippen LogP contribution in [0.4, 0.5) is 19.0 Å². The van der Waals surface area contributed by atoms with Gasteiger partial charge in [-0.05, 0) is 12.1 Å². The van der Waals surface area contributed by atoms with E-state index >= 15 is 0 Å². The second-order valence-electron chi connectivity index (χ2n) is 4.39. The molecule has 0 aliphatic carbocycles. The fourth-order valence-electron chi connectivity index (χ4n) is 1.57. The average molecular weight is 287 g/mol. The molecule has 1 aromatic rings. The zero-order valence-corrected chi connectivity index (χ0v) is 11.3. The van der Waals surface area contributed by atoms with Crippen LogP contribution in [0.25, 0.3) is 0 Å². The van der Waals surface area contributed by atoms with Gasteiger partial charge in [0.2, 0.25) is 0 Å². The van der Waals surface area contributed by atoms with Crippen LogP contribution in [0.1, 0.15) is 10.4 Å². The number of halogens is 3. The smallest absolute Gasteiger partial charge is 0.363 e. The minimum atomic E-state index is -4.45. The molecule has 0 radical (unpaired) electrons. The summed E-state index contributed by atoms with van der Waals surface area (Å²) in [5, 5.41) is 0. The first-order chi connectivity index (χ1) is 9.24. The van der Waals surface area contributed by atoms with Crippen molar-refractivity contribution in [3.63, 3.8) is 0 Å². The van der Waals surface area contributed by atoms with Crippen LogP contribution >= 0.6 is 0 Å². The second-order valence-corrected chi connectivity index (χ2v) is 4.39. The van der Waals surface area contributed by atoms with Gasteiger partial charge < -0.3 is 9.80 Å². The molecule has 0 spiro atoms. The maximum absolute atomic E-state index is 12.5. The van der Waals surface area contributed by atoms with Gasteiger partial charge in [0.05, 0.1) is 0 Å². The molecule has 1 amide bonds. The summed E-state index contributed by atoms with van der Waals surface area (Å²) in [7, 11) is 3.46. The van der Waals surface area contributed by atoms with E-state index in [1.807, 2.05) is 0 Å². The minimum absolute atomic E-state index is 0.162. The van der Waals surface area contributed by atoms with E-state index in [1.54, 1.807) is 19.0 Å². The molecule has 0 aliphatic heterocycles. The van der Waals surface area contributed by atoms with E-state index in [1.165, 1.54) is 24.4 Å². The van der Waals surface area contributed by atoms with Crippen LogP contribution in [-0.2, 0) is 0 Å². The Morgan fingerprint density at radius 2 is 2.10 bits per heavy atom. The number of rotatable bonds is 5. The first-order valence-electron chi connectivity index (χ1n) is 5.85. The van der Waals surface area contributed by atoms with Gasteiger partial charge in [0.25, 0.3) is 5.91 Å². The predicted octanol–water partition coefficient (Wildman–Crippen LogP) is 2.34. The maximum atomic E-state index is 12.5. The summed E-state index contributed by atoms with van der Waals surface area (Å²) in [6.45, 7) is 1.89. The Bertz CT molecular complexity index is 486. The number of aromatic nitrogens is 1. The van der Waals surface area contributed by atoms with Crippen molar-refractivity contribution < 1.29 is 18.0 Å². The van der Waals surface area contributed by atoms with Crippen molar-refractivity contribution in [2.75, 3.05) is 32.1 Å². The minimum Gasteiger partial charge on any atom is -0.363 e. The van der Waals surface area contributed by atoms with E-state index in [9.17, 15) is 18.0 Å². The fourth-order valence-corrected chi connectivity index (χ4v) is 1.57. The number of amides is 1. The molecule has 1 aromatic heterocycles. The number of pyridine rings is 1. The highest BCUT2D eigenvalue weighted by Crippen LogP contribution is 2.19. The predicted molar refractivity (Wildman–Crippen MR) is 70.7 cm³/mol. The molecule has 0 N–H and O–H groups in total. The third-order valence-electron chi connectivity index (χ3n) is 2.46. The standard InChI is InChI=1S/C13H16F3N3O/c1-4-7-19(9-13(14,15)16)12(20)10-5-6-17-11(8-10)18(2)3/h4-6,8H,1,7,9H2,2-3H3. The Morgan fingerprint density at radius 1 is 1.45 bits per heavy atom. The number of carbonyl (C=O) groups excluding carboxylic acids is 1. The topological polar surface area (TPSA) is 36.4 Å². The molecule has 0 saturated carbocycles. The lowest BCUT2D eigenvalue weighted by Gasteiger charge is -2.23. The lowest BCUT2D eigenvalue weighted by Crippen LogP contribution is -2.39. The summed E-state index contributed by atoms with van der Waals surface area (Å²) >= 11 is 0. The molecule has 0 atom stereocenters. The van der Waals surface area contributed by atoms with Crippen LogP contribution in [0.15, 0.2) is 31.0 Å². The zero-order valence-electron chi connectivity index (χ0n) is 11.3. The maximum Gasteiger partial charge on any atom is 0.406 e. The molecule has 0 saturated heterocycles. The van der Waals surface area contributed by atoms with Gasteiger partial charge in [0.15, 0.2) is 0 Å². The number of hydrogen-bond donors (Lipinski definition) is 0. The van der Waals surface area contributed by atoms with Gasteiger partial charge in [0, 0.05) is 32.4 Å². The SMILES string of the molecule is C=CCN(CC(F)(F)F)C(=O)c1ccnc(N(C)C)c1. The van der Waals surface area contributed by atoms with Crippen molar-refractivity contribution in [2.45, 2.75) is 6.18 Å². The monoisotopic (exact) mass is 287 g/mol. The van der Waals surface area contributed by atoms with Crippen LogP contribution in [0.2, 0.25) is 0 Å². The third kappa shape index (κ3) is 4.56. The summed E-state index contributed by atoms with van der Waals surface area (Å²) in [5.74, 6) is -0.200. The molecule has 4 nitrogen and oxygen atoms in total. The summed E-state index contributed by atoms with van der Waals surface area (Å²) in [4.78, 5) is 18.5. The van der Waals surface area contributed by atoms with Gasteiger partial charge in [-0.15, -0.1) is 6.58 Å². The molecule has 0 unspecified atom stereocenters. The Labute approximate surface area is 115 Å². The molecule has 7 heteroatoms. The van der Waals surface area contributed by atoms with Gasteiger partial charge in [0.1, 0.15) is 12.4 Å². The van der Waals surface area contributed by atoms with Gasteiger partial charge in [-0.2, -0.15) is 13.2 Å². The van der Waals surface area contributed by atoms with Crippen molar-refractivity contribution in [1.82, 2.24) is 9.88 Å². The van der Waals surface area contributed by atoms with Crippen LogP contribution in [0.3, 0.4) is 0 Å². The fraction of sp³-hybridized carbons (Fsp3) is 0.385. The highest BCUT2D eigenvalue weighted by atomic mass is 19.4. The number of carbonyl (C=O) groups is 1. The summed E-state index contributed by atoms with van der Waals surface area (Å²) in [6.07, 6.45) is -1.80. The van der Waals surface area contributed by atoms with Crippen LogP contribution in [0.5, 0.6) is 0 Å². The summed E-state index contributed by atoms with van der Waals surface area (Å²) < 4.78 is 37.4. The van der Waals surface area contributed by atoms with Crippen molar-refractivity contribution >= 4 is 11.7 Å². The Hall–Kier alpha value is -2.05. The molecule has 0 aliphatic rings. The molecule has 0 aromatic carbocycles.